The molecule has 2 N–H and O–H groups in total. The molecule has 202 valence electrons. The van der Waals surface area contributed by atoms with Crippen LogP contribution in [-0.4, -0.2) is 27.0 Å². The Labute approximate surface area is 241 Å². The lowest BCUT2D eigenvalue weighted by Crippen LogP contribution is -2.19. The van der Waals surface area contributed by atoms with Crippen LogP contribution in [0.3, 0.4) is 0 Å². The van der Waals surface area contributed by atoms with Gasteiger partial charge in [0.2, 0.25) is 5.91 Å². The third-order valence-corrected chi connectivity index (χ3v) is 7.81. The van der Waals surface area contributed by atoms with E-state index in [1.165, 1.54) is 11.8 Å². The fraction of sp³-hybridized carbons (Fsp3) is 0.121. The number of rotatable bonds is 8. The largest absolute Gasteiger partial charge is 0.478 e. The summed E-state index contributed by atoms with van der Waals surface area (Å²) in [6.45, 7) is 4.06. The number of thioether (sulfide) groups is 1. The average Bonchev–Trinajstić information content (AvgIpc) is 2.99. The number of carboxylic acid groups (broad SMARTS) is 1. The van der Waals surface area contributed by atoms with E-state index in [-0.39, 0.29) is 17.4 Å². The second-order valence-electron chi connectivity index (χ2n) is 9.71. The van der Waals surface area contributed by atoms with Crippen LogP contribution in [0.5, 0.6) is 0 Å². The molecule has 1 atom stereocenters. The number of para-hydroxylation sites is 1. The Bertz CT molecular complexity index is 1780. The molecule has 7 nitrogen and oxygen atoms in total. The predicted molar refractivity (Wildman–Crippen MR) is 161 cm³/mol. The van der Waals surface area contributed by atoms with Crippen molar-refractivity contribution < 1.29 is 14.7 Å². The van der Waals surface area contributed by atoms with Gasteiger partial charge in [-0.25, -0.2) is 14.8 Å². The van der Waals surface area contributed by atoms with Crippen LogP contribution in [0.1, 0.15) is 52.2 Å². The molecule has 0 fully saturated rings. The highest BCUT2D eigenvalue weighted by atomic mass is 32.2. The maximum absolute atomic E-state index is 13.6. The van der Waals surface area contributed by atoms with E-state index in [0.29, 0.717) is 32.9 Å². The minimum atomic E-state index is -1.02. The lowest BCUT2D eigenvalue weighted by Gasteiger charge is -2.18. The van der Waals surface area contributed by atoms with Gasteiger partial charge in [0, 0.05) is 22.3 Å². The van der Waals surface area contributed by atoms with Crippen molar-refractivity contribution in [2.45, 2.75) is 30.0 Å². The molecule has 2 aromatic heterocycles. The van der Waals surface area contributed by atoms with Gasteiger partial charge in [-0.1, -0.05) is 86.3 Å². The molecule has 1 unspecified atom stereocenters. The summed E-state index contributed by atoms with van der Waals surface area (Å²) in [5.41, 5.74) is 4.64. The summed E-state index contributed by atoms with van der Waals surface area (Å²) in [4.78, 5) is 34.9. The van der Waals surface area contributed by atoms with Crippen molar-refractivity contribution in [3.05, 3.63) is 119 Å². The van der Waals surface area contributed by atoms with E-state index in [1.807, 2.05) is 56.3 Å². The summed E-state index contributed by atoms with van der Waals surface area (Å²) >= 11 is 1.25. The Balaban J connectivity index is 1.43. The first-order chi connectivity index (χ1) is 19.8. The highest BCUT2D eigenvalue weighted by Gasteiger charge is 2.25. The number of carboxylic acids is 1. The molecule has 0 bridgehead atoms. The van der Waals surface area contributed by atoms with Crippen molar-refractivity contribution >= 4 is 40.2 Å². The van der Waals surface area contributed by atoms with Gasteiger partial charge in [-0.15, -0.1) is 0 Å². The van der Waals surface area contributed by atoms with E-state index in [9.17, 15) is 20.0 Å². The molecule has 8 heteroatoms. The Morgan fingerprint density at radius 1 is 0.902 bits per heavy atom. The normalized spacial score (nSPS) is 11.7. The van der Waals surface area contributed by atoms with Crippen LogP contribution in [-0.2, 0) is 4.79 Å². The molecule has 0 radical (unpaired) electrons. The van der Waals surface area contributed by atoms with Crippen LogP contribution in [0.15, 0.2) is 102 Å². The second kappa shape index (κ2) is 12.0. The van der Waals surface area contributed by atoms with E-state index < -0.39 is 11.2 Å². The van der Waals surface area contributed by atoms with Crippen LogP contribution in [0.25, 0.3) is 22.2 Å². The summed E-state index contributed by atoms with van der Waals surface area (Å²) in [6, 6.07) is 31.0. The maximum Gasteiger partial charge on any atom is 0.336 e. The van der Waals surface area contributed by atoms with Crippen molar-refractivity contribution in [1.82, 2.24) is 9.97 Å². The van der Waals surface area contributed by atoms with Gasteiger partial charge in [0.25, 0.3) is 0 Å². The molecule has 5 aromatic rings. The van der Waals surface area contributed by atoms with Crippen LogP contribution in [0.2, 0.25) is 0 Å². The number of pyridine rings is 2. The fourth-order valence-corrected chi connectivity index (χ4v) is 5.48. The Hall–Kier alpha value is -5.00. The van der Waals surface area contributed by atoms with Crippen molar-refractivity contribution in [2.24, 2.45) is 0 Å². The zero-order valence-corrected chi connectivity index (χ0v) is 23.2. The standard InChI is InChI=1S/C33H26N4O3S/c1-20(2)27-17-14-23(19-34)32(37-27)41-30(22-8-4-3-5-9-22)31(38)35-24-15-12-21(13-16-24)29-18-26(33(39)40)25-10-6-7-11-28(25)36-29/h3-18,20,30H,1-2H3,(H,35,38)(H,39,40). The second-order valence-corrected chi connectivity index (χ2v) is 10.8. The minimum Gasteiger partial charge on any atom is -0.478 e. The Morgan fingerprint density at radius 2 is 1.61 bits per heavy atom. The number of anilines is 1. The maximum atomic E-state index is 13.6. The van der Waals surface area contributed by atoms with Gasteiger partial charge in [0.1, 0.15) is 16.3 Å². The molecule has 41 heavy (non-hydrogen) atoms. The van der Waals surface area contributed by atoms with Gasteiger partial charge in [-0.3, -0.25) is 4.79 Å². The minimum absolute atomic E-state index is 0.174. The Kier molecular flexibility index (Phi) is 8.09. The quantitative estimate of drug-likeness (QED) is 0.190. The molecule has 0 aliphatic carbocycles. The summed E-state index contributed by atoms with van der Waals surface area (Å²) in [5.74, 6) is -1.11. The van der Waals surface area contributed by atoms with Crippen LogP contribution < -0.4 is 5.32 Å². The lowest BCUT2D eigenvalue weighted by atomic mass is 10.0. The van der Waals surface area contributed by atoms with Gasteiger partial charge in [-0.05, 0) is 47.9 Å². The molecule has 0 saturated heterocycles. The lowest BCUT2D eigenvalue weighted by molar-refractivity contribution is -0.115. The number of nitrogens with one attached hydrogen (secondary N) is 1. The average molecular weight is 559 g/mol. The van der Waals surface area contributed by atoms with Crippen LogP contribution in [0.4, 0.5) is 5.69 Å². The number of nitrogens with zero attached hydrogens (tertiary/aromatic N) is 3. The first kappa shape index (κ1) is 27.6. The number of benzene rings is 3. The van der Waals surface area contributed by atoms with Gasteiger partial charge >= 0.3 is 5.97 Å². The number of carbonyl (C=O) groups excluding carboxylic acids is 1. The highest BCUT2D eigenvalue weighted by Crippen LogP contribution is 2.37. The first-order valence-corrected chi connectivity index (χ1v) is 13.9. The Morgan fingerprint density at radius 3 is 2.29 bits per heavy atom. The van der Waals surface area contributed by atoms with Crippen molar-refractivity contribution in [1.29, 1.82) is 5.26 Å². The van der Waals surface area contributed by atoms with Crippen LogP contribution in [0, 0.1) is 11.3 Å². The van der Waals surface area contributed by atoms with E-state index in [2.05, 4.69) is 16.4 Å². The van der Waals surface area contributed by atoms with Gasteiger partial charge in [0.05, 0.1) is 22.3 Å². The van der Waals surface area contributed by atoms with E-state index in [4.69, 9.17) is 4.98 Å². The van der Waals surface area contributed by atoms with Crippen molar-refractivity contribution in [3.8, 4) is 17.3 Å². The first-order valence-electron chi connectivity index (χ1n) is 13.0. The molecule has 3 aromatic carbocycles. The number of fused-ring (bicyclic) bond motifs is 1. The molecule has 0 saturated carbocycles. The molecular formula is C33H26N4O3S. The molecular weight excluding hydrogens is 532 g/mol. The van der Waals surface area contributed by atoms with Gasteiger partial charge in [-0.2, -0.15) is 5.26 Å². The summed E-state index contributed by atoms with van der Waals surface area (Å²) in [7, 11) is 0. The zero-order valence-electron chi connectivity index (χ0n) is 22.4. The predicted octanol–water partition coefficient (Wildman–Crippen LogP) is 7.46. The summed E-state index contributed by atoms with van der Waals surface area (Å²) in [6.07, 6.45) is 0. The highest BCUT2D eigenvalue weighted by molar-refractivity contribution is 8.00. The van der Waals surface area contributed by atoms with Crippen molar-refractivity contribution in [3.63, 3.8) is 0 Å². The SMILES string of the molecule is CC(C)c1ccc(C#N)c(SC(C(=O)Nc2ccc(-c3cc(C(=O)O)c4ccccc4n3)cc2)c2ccccc2)n1. The fourth-order valence-electron chi connectivity index (χ4n) is 4.40. The zero-order chi connectivity index (χ0) is 28.9. The summed E-state index contributed by atoms with van der Waals surface area (Å²) < 4.78 is 0. The molecule has 0 aliphatic rings. The van der Waals surface area contributed by atoms with Crippen LogP contribution >= 0.6 is 11.8 Å². The number of aromatic carboxylic acids is 1. The number of hydrogen-bond acceptors (Lipinski definition) is 6. The molecule has 0 spiro atoms. The van der Waals surface area contributed by atoms with E-state index in [1.54, 1.807) is 54.6 Å². The van der Waals surface area contributed by atoms with Crippen molar-refractivity contribution in [2.75, 3.05) is 5.32 Å². The smallest absolute Gasteiger partial charge is 0.336 e. The topological polar surface area (TPSA) is 116 Å². The molecule has 2 heterocycles. The number of carbonyl (C=O) groups is 2. The van der Waals surface area contributed by atoms with E-state index in [0.717, 1.165) is 16.8 Å². The number of amides is 1. The van der Waals surface area contributed by atoms with Gasteiger partial charge < -0.3 is 10.4 Å². The third kappa shape index (κ3) is 6.11. The molecule has 1 amide bonds. The number of nitriles is 1. The van der Waals surface area contributed by atoms with Gasteiger partial charge in [0.15, 0.2) is 0 Å². The number of hydrogen-bond donors (Lipinski definition) is 2. The third-order valence-electron chi connectivity index (χ3n) is 6.56. The van der Waals surface area contributed by atoms with E-state index >= 15 is 0 Å². The summed E-state index contributed by atoms with van der Waals surface area (Å²) in [5, 5.41) is 22.8. The number of aromatic nitrogens is 2. The molecule has 5 rings (SSSR count). The monoisotopic (exact) mass is 558 g/mol. The molecule has 0 aliphatic heterocycles.